The van der Waals surface area contributed by atoms with Crippen LogP contribution < -0.4 is 10.6 Å². The zero-order chi connectivity index (χ0) is 8.23. The number of hydrogen-bond donors (Lipinski definition) is 2. The van der Waals surface area contributed by atoms with Crippen molar-refractivity contribution >= 4 is 0 Å². The van der Waals surface area contributed by atoms with E-state index in [4.69, 9.17) is 4.74 Å². The zero-order valence-electron chi connectivity index (χ0n) is 7.51. The van der Waals surface area contributed by atoms with Crippen molar-refractivity contribution in [3.8, 4) is 0 Å². The minimum absolute atomic E-state index is 0.626. The summed E-state index contributed by atoms with van der Waals surface area (Å²) in [7, 11) is 0. The lowest BCUT2D eigenvalue weighted by Gasteiger charge is -2.33. The molecule has 3 heteroatoms. The third-order valence-electron chi connectivity index (χ3n) is 2.90. The Morgan fingerprint density at radius 1 is 1.08 bits per heavy atom. The molecule has 2 saturated heterocycles. The first-order valence-corrected chi connectivity index (χ1v) is 4.98. The second kappa shape index (κ2) is 4.21. The van der Waals surface area contributed by atoms with Gasteiger partial charge in [0, 0.05) is 12.6 Å². The highest BCUT2D eigenvalue weighted by atomic mass is 16.5. The normalized spacial score (nSPS) is 33.5. The molecule has 0 radical (unpaired) electrons. The van der Waals surface area contributed by atoms with Crippen molar-refractivity contribution in [1.82, 2.24) is 10.6 Å². The Balaban J connectivity index is 1.80. The third kappa shape index (κ3) is 1.97. The summed E-state index contributed by atoms with van der Waals surface area (Å²) < 4.78 is 5.45. The van der Waals surface area contributed by atoms with Crippen LogP contribution in [0.25, 0.3) is 0 Å². The second-order valence-electron chi connectivity index (χ2n) is 3.72. The molecule has 0 aromatic heterocycles. The molecule has 3 nitrogen and oxygen atoms in total. The van der Waals surface area contributed by atoms with E-state index < -0.39 is 0 Å². The fourth-order valence-corrected chi connectivity index (χ4v) is 2.14. The molecule has 1 atom stereocenters. The molecule has 0 bridgehead atoms. The van der Waals surface area contributed by atoms with Crippen molar-refractivity contribution in [3.63, 3.8) is 0 Å². The Morgan fingerprint density at radius 2 is 1.92 bits per heavy atom. The van der Waals surface area contributed by atoms with Gasteiger partial charge in [-0.15, -0.1) is 0 Å². The maximum Gasteiger partial charge on any atom is 0.0622 e. The molecule has 0 amide bonds. The van der Waals surface area contributed by atoms with E-state index in [2.05, 4.69) is 10.6 Å². The number of nitrogens with one attached hydrogen (secondary N) is 2. The molecule has 0 saturated carbocycles. The molecule has 0 aliphatic carbocycles. The van der Waals surface area contributed by atoms with Gasteiger partial charge in [-0.25, -0.2) is 0 Å². The van der Waals surface area contributed by atoms with Crippen molar-refractivity contribution in [1.29, 1.82) is 0 Å². The van der Waals surface area contributed by atoms with Crippen molar-refractivity contribution in [2.75, 3.05) is 32.8 Å². The fraction of sp³-hybridized carbons (Fsp3) is 1.00. The molecule has 1 unspecified atom stereocenters. The van der Waals surface area contributed by atoms with Gasteiger partial charge in [0.1, 0.15) is 0 Å². The Morgan fingerprint density at radius 3 is 2.58 bits per heavy atom. The zero-order valence-corrected chi connectivity index (χ0v) is 7.51. The van der Waals surface area contributed by atoms with Crippen LogP contribution in [0.1, 0.15) is 12.8 Å². The number of rotatable bonds is 1. The Labute approximate surface area is 73.9 Å². The van der Waals surface area contributed by atoms with E-state index in [1.807, 2.05) is 0 Å². The summed E-state index contributed by atoms with van der Waals surface area (Å²) in [5.41, 5.74) is 0. The van der Waals surface area contributed by atoms with E-state index >= 15 is 0 Å². The van der Waals surface area contributed by atoms with Crippen molar-refractivity contribution in [2.45, 2.75) is 18.9 Å². The van der Waals surface area contributed by atoms with Gasteiger partial charge < -0.3 is 15.4 Å². The molecule has 2 aliphatic heterocycles. The van der Waals surface area contributed by atoms with Gasteiger partial charge in [0.25, 0.3) is 0 Å². The first kappa shape index (κ1) is 8.48. The third-order valence-corrected chi connectivity index (χ3v) is 2.90. The van der Waals surface area contributed by atoms with Crippen LogP contribution in [0, 0.1) is 5.92 Å². The number of piperidine rings is 1. The molecule has 2 N–H and O–H groups in total. The molecule has 2 fully saturated rings. The quantitative estimate of drug-likeness (QED) is 0.580. The van der Waals surface area contributed by atoms with Crippen LogP contribution in [-0.4, -0.2) is 38.9 Å². The largest absolute Gasteiger partial charge is 0.379 e. The van der Waals surface area contributed by atoms with Gasteiger partial charge in [-0.05, 0) is 31.8 Å². The van der Waals surface area contributed by atoms with E-state index in [1.54, 1.807) is 0 Å². The van der Waals surface area contributed by atoms with Gasteiger partial charge in [-0.1, -0.05) is 0 Å². The lowest BCUT2D eigenvalue weighted by molar-refractivity contribution is 0.0504. The van der Waals surface area contributed by atoms with Crippen LogP contribution in [0.3, 0.4) is 0 Å². The first-order valence-electron chi connectivity index (χ1n) is 4.98. The molecule has 0 spiro atoms. The lowest BCUT2D eigenvalue weighted by atomic mass is 9.90. The van der Waals surface area contributed by atoms with Crippen molar-refractivity contribution in [3.05, 3.63) is 0 Å². The lowest BCUT2D eigenvalue weighted by Crippen LogP contribution is -2.48. The molecule has 12 heavy (non-hydrogen) atoms. The topological polar surface area (TPSA) is 33.3 Å². The molecule has 70 valence electrons. The van der Waals surface area contributed by atoms with Gasteiger partial charge in [0.05, 0.1) is 13.2 Å². The standard InChI is InChI=1S/C9H18N2O/c1-3-10-4-2-8(1)9-7-12-6-5-11-9/h8-11H,1-7H2. The van der Waals surface area contributed by atoms with Crippen molar-refractivity contribution in [2.24, 2.45) is 5.92 Å². The van der Waals surface area contributed by atoms with E-state index in [-0.39, 0.29) is 0 Å². The molecule has 0 aromatic carbocycles. The number of morpholine rings is 1. The maximum atomic E-state index is 5.45. The molecule has 2 rings (SSSR count). The molecule has 0 aromatic rings. The van der Waals surface area contributed by atoms with Gasteiger partial charge in [0.2, 0.25) is 0 Å². The Hall–Kier alpha value is -0.120. The highest BCUT2D eigenvalue weighted by molar-refractivity contribution is 4.82. The van der Waals surface area contributed by atoms with E-state index in [0.29, 0.717) is 6.04 Å². The van der Waals surface area contributed by atoms with E-state index in [1.165, 1.54) is 25.9 Å². The van der Waals surface area contributed by atoms with Gasteiger partial charge in [0.15, 0.2) is 0 Å². The summed E-state index contributed by atoms with van der Waals surface area (Å²) in [6, 6.07) is 0.626. The summed E-state index contributed by atoms with van der Waals surface area (Å²) in [5, 5.41) is 6.92. The van der Waals surface area contributed by atoms with Gasteiger partial charge in [-0.2, -0.15) is 0 Å². The van der Waals surface area contributed by atoms with Crippen LogP contribution in [0.4, 0.5) is 0 Å². The first-order chi connectivity index (χ1) is 5.97. The Kier molecular flexibility index (Phi) is 2.98. The van der Waals surface area contributed by atoms with Crippen molar-refractivity contribution < 1.29 is 4.74 Å². The van der Waals surface area contributed by atoms with Crippen LogP contribution in [0.5, 0.6) is 0 Å². The summed E-state index contributed by atoms with van der Waals surface area (Å²) in [6.45, 7) is 5.21. The molecule has 2 heterocycles. The minimum Gasteiger partial charge on any atom is -0.379 e. The summed E-state index contributed by atoms with van der Waals surface area (Å²) in [4.78, 5) is 0. The SMILES string of the molecule is C1CC(C2COCCN2)CCN1. The van der Waals surface area contributed by atoms with Crippen LogP contribution >= 0.6 is 0 Å². The van der Waals surface area contributed by atoms with Gasteiger partial charge in [-0.3, -0.25) is 0 Å². The monoisotopic (exact) mass is 170 g/mol. The van der Waals surface area contributed by atoms with Crippen LogP contribution in [0.2, 0.25) is 0 Å². The van der Waals surface area contributed by atoms with E-state index in [9.17, 15) is 0 Å². The predicted octanol–water partition coefficient (Wildman–Crippen LogP) is -0.0256. The predicted molar refractivity (Wildman–Crippen MR) is 48.2 cm³/mol. The summed E-state index contributed by atoms with van der Waals surface area (Å²) >= 11 is 0. The average Bonchev–Trinajstić information content (AvgIpc) is 2.21. The second-order valence-corrected chi connectivity index (χ2v) is 3.72. The molecular formula is C9H18N2O. The molecular weight excluding hydrogens is 152 g/mol. The minimum atomic E-state index is 0.626. The van der Waals surface area contributed by atoms with Crippen LogP contribution in [-0.2, 0) is 4.74 Å². The molecule has 2 aliphatic rings. The highest BCUT2D eigenvalue weighted by Crippen LogP contribution is 2.17. The maximum absolute atomic E-state index is 5.45. The van der Waals surface area contributed by atoms with Gasteiger partial charge >= 0.3 is 0 Å². The average molecular weight is 170 g/mol. The smallest absolute Gasteiger partial charge is 0.0622 e. The van der Waals surface area contributed by atoms with Crippen LogP contribution in [0.15, 0.2) is 0 Å². The number of ether oxygens (including phenoxy) is 1. The summed E-state index contributed by atoms with van der Waals surface area (Å²) in [6.07, 6.45) is 2.61. The fourth-order valence-electron chi connectivity index (χ4n) is 2.14. The highest BCUT2D eigenvalue weighted by Gasteiger charge is 2.24. The Bertz CT molecular complexity index is 112. The van der Waals surface area contributed by atoms with E-state index in [0.717, 1.165) is 25.7 Å². The number of hydrogen-bond acceptors (Lipinski definition) is 3. The summed E-state index contributed by atoms with van der Waals surface area (Å²) in [5.74, 6) is 0.839.